The van der Waals surface area contributed by atoms with Crippen molar-refractivity contribution in [3.05, 3.63) is 83.9 Å². The Balaban J connectivity index is 1.50. The first-order valence-corrected chi connectivity index (χ1v) is 12.3. The van der Waals surface area contributed by atoms with Gasteiger partial charge in [0.25, 0.3) is 0 Å². The summed E-state index contributed by atoms with van der Waals surface area (Å²) in [6, 6.07) is 18.5. The molecule has 3 aromatic carbocycles. The Bertz CT molecular complexity index is 1370. The van der Waals surface area contributed by atoms with Crippen molar-refractivity contribution < 1.29 is 49.2 Å². The molecule has 202 valence electrons. The minimum Gasteiger partial charge on any atom is -0.490 e. The van der Waals surface area contributed by atoms with E-state index in [0.29, 0.717) is 29.4 Å². The van der Waals surface area contributed by atoms with Crippen molar-refractivity contribution in [3.8, 4) is 16.9 Å². The fraction of sp³-hybridized carbons (Fsp3) is 0.250. The number of aromatic carboxylic acids is 1. The molecule has 0 heterocycles. The Morgan fingerprint density at radius 2 is 1.54 bits per heavy atom. The Kier molecular flexibility index (Phi) is 8.34. The molecular formula is C28H27BO10. The van der Waals surface area contributed by atoms with Gasteiger partial charge in [0.2, 0.25) is 5.60 Å². The van der Waals surface area contributed by atoms with Crippen LogP contribution < -0.4 is 10.2 Å². The summed E-state index contributed by atoms with van der Waals surface area (Å²) in [7, 11) is -1.64. The lowest BCUT2D eigenvalue weighted by Gasteiger charge is -2.33. The number of ether oxygens (including phenoxy) is 2. The molecule has 11 heteroatoms. The van der Waals surface area contributed by atoms with Crippen LogP contribution in [-0.4, -0.2) is 68.7 Å². The van der Waals surface area contributed by atoms with E-state index in [4.69, 9.17) is 14.6 Å². The van der Waals surface area contributed by atoms with E-state index in [9.17, 15) is 34.6 Å². The lowest BCUT2D eigenvalue weighted by atomic mass is 9.79. The molecule has 1 fully saturated rings. The standard InChI is InChI=1S/C28H27BO10/c30-25(31)19-7-3-10-22(15-19)38-16-28(35,27(33)34)23-11-4-12-24(23)39-26(32)20-8-1-5-17(13-20)18-6-2-9-21(14-18)29(36)37/h1-3,5-10,13-15,23-24,35-37H,4,11-12,16H2,(H,30,31)(H,33,34). The van der Waals surface area contributed by atoms with Gasteiger partial charge in [-0.2, -0.15) is 0 Å². The number of carbonyl (C=O) groups excluding carboxylic acids is 1. The molecule has 1 saturated carbocycles. The fourth-order valence-electron chi connectivity index (χ4n) is 4.76. The predicted octanol–water partition coefficient (Wildman–Crippen LogP) is 1.95. The van der Waals surface area contributed by atoms with Crippen molar-refractivity contribution >= 4 is 30.5 Å². The number of esters is 1. The highest BCUT2D eigenvalue weighted by Gasteiger charge is 2.52. The Hall–Kier alpha value is -4.19. The van der Waals surface area contributed by atoms with Gasteiger partial charge in [0.05, 0.1) is 11.1 Å². The summed E-state index contributed by atoms with van der Waals surface area (Å²) in [4.78, 5) is 36.5. The Morgan fingerprint density at radius 3 is 2.23 bits per heavy atom. The summed E-state index contributed by atoms with van der Waals surface area (Å²) >= 11 is 0. The molecule has 0 spiro atoms. The van der Waals surface area contributed by atoms with Crippen LogP contribution in [0.3, 0.4) is 0 Å². The van der Waals surface area contributed by atoms with Gasteiger partial charge in [-0.05, 0) is 66.2 Å². The number of rotatable bonds is 10. The largest absolute Gasteiger partial charge is 0.490 e. The van der Waals surface area contributed by atoms with E-state index < -0.39 is 49.3 Å². The van der Waals surface area contributed by atoms with Gasteiger partial charge >= 0.3 is 25.0 Å². The van der Waals surface area contributed by atoms with Crippen molar-refractivity contribution in [2.75, 3.05) is 6.61 Å². The summed E-state index contributed by atoms with van der Waals surface area (Å²) < 4.78 is 11.2. The van der Waals surface area contributed by atoms with Crippen LogP contribution in [-0.2, 0) is 9.53 Å². The fourth-order valence-corrected chi connectivity index (χ4v) is 4.76. The highest BCUT2D eigenvalue weighted by molar-refractivity contribution is 6.58. The number of carboxylic acid groups (broad SMARTS) is 2. The van der Waals surface area contributed by atoms with Gasteiger partial charge in [-0.1, -0.05) is 42.5 Å². The number of hydrogen-bond acceptors (Lipinski definition) is 8. The summed E-state index contributed by atoms with van der Waals surface area (Å²) in [5, 5.41) is 49.1. The molecule has 0 saturated heterocycles. The summed E-state index contributed by atoms with van der Waals surface area (Å²) in [5.74, 6) is -4.31. The molecule has 0 amide bonds. The highest BCUT2D eigenvalue weighted by Crippen LogP contribution is 2.38. The third-order valence-electron chi connectivity index (χ3n) is 6.85. The molecule has 0 aliphatic heterocycles. The van der Waals surface area contributed by atoms with Crippen LogP contribution in [0, 0.1) is 5.92 Å². The zero-order valence-electron chi connectivity index (χ0n) is 20.8. The van der Waals surface area contributed by atoms with E-state index >= 15 is 0 Å². The van der Waals surface area contributed by atoms with Crippen LogP contribution in [0.4, 0.5) is 0 Å². The lowest BCUT2D eigenvalue weighted by Crippen LogP contribution is -2.53. The Morgan fingerprint density at radius 1 is 0.872 bits per heavy atom. The third-order valence-corrected chi connectivity index (χ3v) is 6.85. The van der Waals surface area contributed by atoms with E-state index in [2.05, 4.69) is 0 Å². The maximum atomic E-state index is 13.1. The van der Waals surface area contributed by atoms with E-state index in [0.717, 1.165) is 0 Å². The number of carbonyl (C=O) groups is 3. The molecule has 1 aliphatic rings. The van der Waals surface area contributed by atoms with Gasteiger partial charge in [0.1, 0.15) is 18.5 Å². The summed E-state index contributed by atoms with van der Waals surface area (Å²) in [6.07, 6.45) is 0.235. The molecule has 0 bridgehead atoms. The van der Waals surface area contributed by atoms with Gasteiger partial charge < -0.3 is 34.8 Å². The van der Waals surface area contributed by atoms with E-state index in [1.54, 1.807) is 48.5 Å². The predicted molar refractivity (Wildman–Crippen MR) is 140 cm³/mol. The van der Waals surface area contributed by atoms with E-state index in [1.165, 1.54) is 24.3 Å². The minimum atomic E-state index is -2.39. The third kappa shape index (κ3) is 6.28. The molecule has 10 nitrogen and oxygen atoms in total. The molecule has 5 N–H and O–H groups in total. The second-order valence-corrected chi connectivity index (χ2v) is 9.41. The number of aliphatic carboxylic acids is 1. The quantitative estimate of drug-likeness (QED) is 0.191. The van der Waals surface area contributed by atoms with Gasteiger partial charge in [-0.3, -0.25) is 0 Å². The smallest absolute Gasteiger partial charge is 0.488 e. The number of aliphatic hydroxyl groups is 1. The van der Waals surface area contributed by atoms with Gasteiger partial charge in [-0.15, -0.1) is 0 Å². The van der Waals surface area contributed by atoms with Crippen molar-refractivity contribution in [1.29, 1.82) is 0 Å². The van der Waals surface area contributed by atoms with Gasteiger partial charge in [0, 0.05) is 5.92 Å². The number of carboxylic acids is 2. The first-order valence-electron chi connectivity index (χ1n) is 12.3. The highest BCUT2D eigenvalue weighted by atomic mass is 16.5. The maximum absolute atomic E-state index is 13.1. The number of hydrogen-bond donors (Lipinski definition) is 5. The molecule has 39 heavy (non-hydrogen) atoms. The summed E-state index contributed by atoms with van der Waals surface area (Å²) in [6.45, 7) is -0.674. The van der Waals surface area contributed by atoms with Crippen molar-refractivity contribution in [3.63, 3.8) is 0 Å². The molecule has 3 atom stereocenters. The van der Waals surface area contributed by atoms with Crippen molar-refractivity contribution in [2.24, 2.45) is 5.92 Å². The zero-order valence-corrected chi connectivity index (χ0v) is 20.8. The van der Waals surface area contributed by atoms with Gasteiger partial charge in [0.15, 0.2) is 0 Å². The minimum absolute atomic E-state index is 0.0551. The average Bonchev–Trinajstić information content (AvgIpc) is 3.40. The first-order chi connectivity index (χ1) is 18.6. The average molecular weight is 534 g/mol. The lowest BCUT2D eigenvalue weighted by molar-refractivity contribution is -0.174. The number of benzene rings is 3. The molecule has 3 unspecified atom stereocenters. The molecular weight excluding hydrogens is 507 g/mol. The molecule has 4 rings (SSSR count). The summed E-state index contributed by atoms with van der Waals surface area (Å²) in [5.41, 5.74) is -0.672. The van der Waals surface area contributed by atoms with Crippen LogP contribution in [0.2, 0.25) is 0 Å². The van der Waals surface area contributed by atoms with Crippen molar-refractivity contribution in [1.82, 2.24) is 0 Å². The first kappa shape index (κ1) is 27.8. The second-order valence-electron chi connectivity index (χ2n) is 9.41. The van der Waals surface area contributed by atoms with Crippen LogP contribution >= 0.6 is 0 Å². The monoisotopic (exact) mass is 534 g/mol. The van der Waals surface area contributed by atoms with Crippen LogP contribution in [0.1, 0.15) is 40.0 Å². The van der Waals surface area contributed by atoms with E-state index in [1.807, 2.05) is 0 Å². The topological polar surface area (TPSA) is 171 Å². The molecule has 3 aromatic rings. The zero-order chi connectivity index (χ0) is 28.2. The Labute approximate surface area is 224 Å². The van der Waals surface area contributed by atoms with E-state index in [-0.39, 0.29) is 23.3 Å². The normalized spacial score (nSPS) is 18.1. The van der Waals surface area contributed by atoms with Crippen molar-refractivity contribution in [2.45, 2.75) is 31.0 Å². The van der Waals surface area contributed by atoms with Crippen LogP contribution in [0.5, 0.6) is 5.75 Å². The van der Waals surface area contributed by atoms with Crippen LogP contribution in [0.15, 0.2) is 72.8 Å². The second kappa shape index (κ2) is 11.7. The van der Waals surface area contributed by atoms with Crippen LogP contribution in [0.25, 0.3) is 11.1 Å². The SMILES string of the molecule is O=C(O)c1cccc(OCC(O)(C(=O)O)C2CCCC2OC(=O)c2cccc(-c3cccc(B(O)O)c3)c2)c1. The molecule has 0 radical (unpaired) electrons. The van der Waals surface area contributed by atoms with Gasteiger partial charge in [-0.25, -0.2) is 14.4 Å². The molecule has 1 aliphatic carbocycles. The maximum Gasteiger partial charge on any atom is 0.488 e. The molecule has 0 aromatic heterocycles.